The summed E-state index contributed by atoms with van der Waals surface area (Å²) in [5.74, 6) is 1.36. The molecule has 4 aliphatic rings. The number of carbonyl (C=O) groups excluding carboxylic acids is 2. The van der Waals surface area contributed by atoms with Gasteiger partial charge in [-0.1, -0.05) is 93.9 Å². The van der Waals surface area contributed by atoms with Crippen molar-refractivity contribution in [3.05, 3.63) is 126 Å². The predicted octanol–water partition coefficient (Wildman–Crippen LogP) is 14.0. The molecule has 0 saturated carbocycles. The Morgan fingerprint density at radius 3 is 1.33 bits per heavy atom. The van der Waals surface area contributed by atoms with Crippen LogP contribution in [0.2, 0.25) is 30.1 Å². The van der Waals surface area contributed by atoms with Gasteiger partial charge in [-0.05, 0) is 150 Å². The molecule has 4 aliphatic heterocycles. The molecule has 1 amide bonds. The van der Waals surface area contributed by atoms with Crippen LogP contribution in [0.15, 0.2) is 84.9 Å². The van der Waals surface area contributed by atoms with Crippen LogP contribution in [0.25, 0.3) is 0 Å². The third-order valence-corrected chi connectivity index (χ3v) is 14.6. The molecule has 10 nitrogen and oxygen atoms in total. The van der Waals surface area contributed by atoms with E-state index in [1.54, 1.807) is 13.8 Å². The van der Waals surface area contributed by atoms with Crippen LogP contribution in [0.3, 0.4) is 0 Å². The Balaban J connectivity index is 0.000000202. The maximum Gasteiger partial charge on any atom is 0.410 e. The number of halogens is 7. The van der Waals surface area contributed by atoms with Gasteiger partial charge in [-0.15, -0.1) is 0 Å². The van der Waals surface area contributed by atoms with Gasteiger partial charge in [0.1, 0.15) is 0 Å². The number of nitrogens with zero attached hydrogens (tertiary/aromatic N) is 5. The summed E-state index contributed by atoms with van der Waals surface area (Å²) in [6.07, 6.45) is 4.17. The van der Waals surface area contributed by atoms with Crippen molar-refractivity contribution in [1.29, 1.82) is 0 Å². The molecule has 0 bridgehead atoms. The van der Waals surface area contributed by atoms with Gasteiger partial charge in [0.2, 0.25) is 0 Å². The Morgan fingerprint density at radius 1 is 0.551 bits per heavy atom. The number of amides is 1. The lowest BCUT2D eigenvalue weighted by Crippen LogP contribution is -2.51. The van der Waals surface area contributed by atoms with Crippen molar-refractivity contribution in [3.63, 3.8) is 0 Å². The Hall–Kier alpha value is -2.87. The molecule has 4 fully saturated rings. The number of nitrogens with one attached hydrogen (secondary N) is 1. The first kappa shape index (κ1) is 55.4. The topological polar surface area (TPSA) is 80.8 Å². The van der Waals surface area contributed by atoms with E-state index in [0.29, 0.717) is 26.0 Å². The van der Waals surface area contributed by atoms with Gasteiger partial charge in [0.05, 0.1) is 45.7 Å². The number of hydrogen-bond acceptors (Lipinski definition) is 9. The van der Waals surface area contributed by atoms with Crippen molar-refractivity contribution >= 4 is 104 Å². The quantitative estimate of drug-likeness (QED) is 0.156. The van der Waals surface area contributed by atoms with Crippen molar-refractivity contribution in [3.8, 4) is 0 Å². The summed E-state index contributed by atoms with van der Waals surface area (Å²) in [6, 6.07) is 28.2. The number of anilines is 2. The number of likely N-dealkylation sites (tertiary alicyclic amines) is 1. The average Bonchev–Trinajstić information content (AvgIpc) is 3.30. The summed E-state index contributed by atoms with van der Waals surface area (Å²) >= 11 is 42.6. The lowest BCUT2D eigenvalue weighted by molar-refractivity contribution is 0.0607. The zero-order valence-corrected chi connectivity index (χ0v) is 45.2. The number of piperidine rings is 2. The molecule has 0 spiro atoms. The third-order valence-electron chi connectivity index (χ3n) is 12.9. The molecule has 376 valence electrons. The SMILES string of the molecule is CC(C)OC(=O)Cl.CC(C)OC(=O)N1CCC(CN2CCN(c3ccc(Cl)cc3Cl)[C@H](c3ccc(Cl)cc3)C2)CC1.Clc1ccc([C@@H]2CN(CC3CCNCC3)CCN2c2ccc(Cl)cc2Cl)cc1. The van der Waals surface area contributed by atoms with Gasteiger partial charge in [-0.2, -0.15) is 0 Å². The highest BCUT2D eigenvalue weighted by molar-refractivity contribution is 6.61. The van der Waals surface area contributed by atoms with Gasteiger partial charge < -0.3 is 29.5 Å². The van der Waals surface area contributed by atoms with Crippen molar-refractivity contribution in [2.24, 2.45) is 11.8 Å². The number of hydrogen-bond donors (Lipinski definition) is 1. The van der Waals surface area contributed by atoms with Crippen LogP contribution in [-0.2, 0) is 9.47 Å². The molecule has 8 rings (SSSR count). The molecule has 17 heteroatoms. The molecule has 1 N–H and O–H groups in total. The van der Waals surface area contributed by atoms with Crippen molar-refractivity contribution in [2.75, 3.05) is 88.3 Å². The summed E-state index contributed by atoms with van der Waals surface area (Å²) in [4.78, 5) is 33.8. The van der Waals surface area contributed by atoms with E-state index in [0.717, 1.165) is 112 Å². The van der Waals surface area contributed by atoms with Crippen LogP contribution in [-0.4, -0.2) is 117 Å². The molecule has 69 heavy (non-hydrogen) atoms. The summed E-state index contributed by atoms with van der Waals surface area (Å²) in [5.41, 5.74) is 3.79. The monoisotopic (exact) mass is 1080 g/mol. The Bertz CT molecular complexity index is 2240. The summed E-state index contributed by atoms with van der Waals surface area (Å²) in [7, 11) is 0. The van der Waals surface area contributed by atoms with E-state index in [4.69, 9.17) is 85.9 Å². The zero-order chi connectivity index (χ0) is 49.6. The minimum atomic E-state index is -0.741. The molecule has 2 atom stereocenters. The number of ether oxygens (including phenoxy) is 2. The highest BCUT2D eigenvalue weighted by atomic mass is 35.5. The van der Waals surface area contributed by atoms with E-state index >= 15 is 0 Å². The fourth-order valence-electron chi connectivity index (χ4n) is 9.51. The maximum absolute atomic E-state index is 12.2. The second-order valence-electron chi connectivity index (χ2n) is 18.7. The molecular formula is C52H65Cl7N6O4. The number of rotatable bonds is 10. The van der Waals surface area contributed by atoms with Crippen molar-refractivity contribution in [2.45, 2.75) is 77.7 Å². The first-order chi connectivity index (χ1) is 33.0. The molecule has 0 aliphatic carbocycles. The van der Waals surface area contributed by atoms with Crippen LogP contribution in [0.1, 0.15) is 76.6 Å². The van der Waals surface area contributed by atoms with Gasteiger partial charge in [-0.25, -0.2) is 9.59 Å². The zero-order valence-electron chi connectivity index (χ0n) is 39.9. The number of carbonyl (C=O) groups is 2. The number of piperazine rings is 2. The second-order valence-corrected chi connectivity index (χ2v) is 21.6. The van der Waals surface area contributed by atoms with E-state index in [2.05, 4.69) is 53.9 Å². The molecule has 0 unspecified atom stereocenters. The summed E-state index contributed by atoms with van der Waals surface area (Å²) in [6.45, 7) is 19.0. The highest BCUT2D eigenvalue weighted by Crippen LogP contribution is 2.39. The van der Waals surface area contributed by atoms with Gasteiger partial charge in [0.25, 0.3) is 0 Å². The van der Waals surface area contributed by atoms with Gasteiger partial charge in [0, 0.05) is 97.1 Å². The minimum absolute atomic E-state index is 0.0829. The first-order valence-electron chi connectivity index (χ1n) is 23.9. The molecule has 4 aromatic carbocycles. The lowest BCUT2D eigenvalue weighted by atomic mass is 9.94. The van der Waals surface area contributed by atoms with E-state index in [-0.39, 0.29) is 30.4 Å². The molecular weight excluding hydrogens is 1020 g/mol. The first-order valence-corrected chi connectivity index (χ1v) is 26.6. The largest absolute Gasteiger partial charge is 0.451 e. The molecule has 4 aromatic rings. The molecule has 0 radical (unpaired) electrons. The fourth-order valence-corrected chi connectivity index (χ4v) is 11.0. The van der Waals surface area contributed by atoms with Gasteiger partial charge >= 0.3 is 11.5 Å². The fraction of sp³-hybridized carbons (Fsp3) is 0.500. The normalized spacial score (nSPS) is 19.7. The highest BCUT2D eigenvalue weighted by Gasteiger charge is 2.34. The van der Waals surface area contributed by atoms with Crippen molar-refractivity contribution in [1.82, 2.24) is 20.0 Å². The van der Waals surface area contributed by atoms with Gasteiger partial charge in [0.15, 0.2) is 0 Å². The van der Waals surface area contributed by atoms with E-state index in [1.165, 1.54) is 30.5 Å². The minimum Gasteiger partial charge on any atom is -0.451 e. The van der Waals surface area contributed by atoms with E-state index in [9.17, 15) is 9.59 Å². The van der Waals surface area contributed by atoms with Crippen LogP contribution >= 0.6 is 81.2 Å². The summed E-state index contributed by atoms with van der Waals surface area (Å²) in [5, 5.41) is 7.64. The van der Waals surface area contributed by atoms with E-state index < -0.39 is 5.43 Å². The average molecular weight is 1090 g/mol. The van der Waals surface area contributed by atoms with Crippen LogP contribution in [0.4, 0.5) is 21.0 Å². The Kier molecular flexibility index (Phi) is 21.9. The van der Waals surface area contributed by atoms with Crippen LogP contribution in [0, 0.1) is 11.8 Å². The Morgan fingerprint density at radius 2 is 0.957 bits per heavy atom. The standard InChI is InChI=1S/C26H32Cl3N3O2.C22H26Cl3N3.C4H7ClO2/c1-18(2)34-26(33)31-11-9-19(10-12-31)16-30-13-14-32(24-8-7-22(28)15-23(24)29)25(17-30)20-3-5-21(27)6-4-20;23-18-3-1-17(2-4-18)22-15-27(14-16-7-9-26-10-8-16)11-12-28(22)21-6-5-19(24)13-20(21)25;1-3(2)7-4(5)6/h3-8,15,18-19,25H,9-14,16-17H2,1-2H3;1-6,13,16,22,26H,7-12,14-15H2;3H,1-2H3/t25-;22-;/m00./s1. The number of benzene rings is 4. The van der Waals surface area contributed by atoms with Crippen LogP contribution < -0.4 is 15.1 Å². The molecule has 0 aromatic heterocycles. The van der Waals surface area contributed by atoms with Crippen molar-refractivity contribution < 1.29 is 19.1 Å². The van der Waals surface area contributed by atoms with Crippen LogP contribution in [0.5, 0.6) is 0 Å². The second kappa shape index (κ2) is 27.3. The molecule has 4 heterocycles. The predicted molar refractivity (Wildman–Crippen MR) is 288 cm³/mol. The smallest absolute Gasteiger partial charge is 0.410 e. The van der Waals surface area contributed by atoms with Gasteiger partial charge in [-0.3, -0.25) is 9.80 Å². The Labute approximate surface area is 444 Å². The maximum atomic E-state index is 12.2. The lowest BCUT2D eigenvalue weighted by Gasteiger charge is -2.45. The third kappa shape index (κ3) is 17.1. The van der Waals surface area contributed by atoms with E-state index in [1.807, 2.05) is 79.4 Å². The molecule has 4 saturated heterocycles. The summed E-state index contributed by atoms with van der Waals surface area (Å²) < 4.78 is 9.74.